The lowest BCUT2D eigenvalue weighted by molar-refractivity contribution is 0.0951. The van der Waals surface area contributed by atoms with Crippen LogP contribution in [0.1, 0.15) is 27.4 Å². The molecule has 3 aromatic carbocycles. The summed E-state index contributed by atoms with van der Waals surface area (Å²) in [5.41, 5.74) is 4.97. The van der Waals surface area contributed by atoms with E-state index < -0.39 is 0 Å². The van der Waals surface area contributed by atoms with Crippen LogP contribution in [0.2, 0.25) is 0 Å². The number of hydrogen-bond donors (Lipinski definition) is 2. The number of methoxy groups -OCH3 is 2. The lowest BCUT2D eigenvalue weighted by Gasteiger charge is -2.20. The van der Waals surface area contributed by atoms with E-state index in [1.807, 2.05) is 32.4 Å². The number of aromatic amines is 1. The molecular formula is C27H29N3O3. The van der Waals surface area contributed by atoms with Gasteiger partial charge in [-0.15, -0.1) is 0 Å². The Bertz CT molecular complexity index is 1220. The number of nitrogens with zero attached hydrogens (tertiary/aromatic N) is 1. The van der Waals surface area contributed by atoms with Gasteiger partial charge in [0.25, 0.3) is 5.91 Å². The Balaban J connectivity index is 1.65. The highest BCUT2D eigenvalue weighted by atomic mass is 16.5. The van der Waals surface area contributed by atoms with Gasteiger partial charge in [0, 0.05) is 61.0 Å². The molecule has 1 aromatic heterocycles. The van der Waals surface area contributed by atoms with Crippen molar-refractivity contribution in [3.8, 4) is 11.5 Å². The molecule has 0 aliphatic heterocycles. The van der Waals surface area contributed by atoms with E-state index >= 15 is 0 Å². The lowest BCUT2D eigenvalue weighted by atomic mass is 9.90. The van der Waals surface area contributed by atoms with Crippen LogP contribution < -0.4 is 19.7 Å². The summed E-state index contributed by atoms with van der Waals surface area (Å²) in [4.78, 5) is 18.5. The number of carbonyl (C=O) groups is 1. The van der Waals surface area contributed by atoms with Gasteiger partial charge in [0.2, 0.25) is 0 Å². The van der Waals surface area contributed by atoms with E-state index in [-0.39, 0.29) is 11.8 Å². The molecule has 4 aromatic rings. The highest BCUT2D eigenvalue weighted by molar-refractivity contribution is 5.95. The predicted octanol–water partition coefficient (Wildman–Crippen LogP) is 4.81. The van der Waals surface area contributed by atoms with E-state index in [0.717, 1.165) is 27.7 Å². The molecule has 33 heavy (non-hydrogen) atoms. The smallest absolute Gasteiger partial charge is 0.251 e. The largest absolute Gasteiger partial charge is 0.497 e. The number of rotatable bonds is 8. The third-order valence-corrected chi connectivity index (χ3v) is 5.89. The maximum atomic E-state index is 13.1. The number of anilines is 1. The van der Waals surface area contributed by atoms with Crippen LogP contribution in [0, 0.1) is 0 Å². The molecule has 1 atom stereocenters. The molecule has 1 unspecified atom stereocenters. The quantitative estimate of drug-likeness (QED) is 0.410. The average Bonchev–Trinajstić information content (AvgIpc) is 3.28. The summed E-state index contributed by atoms with van der Waals surface area (Å²) < 4.78 is 10.6. The standard InChI is InChI=1S/C27H29N3O3/c1-30(2)20-11-9-18(10-12-20)24(25-17-28-26-8-6-5-7-23(25)26)16-29-27(31)19-13-21(32-3)15-22(14-19)33-4/h5-15,17,24,28H,16H2,1-4H3,(H,29,31). The van der Waals surface area contributed by atoms with Crippen molar-refractivity contribution in [2.45, 2.75) is 5.92 Å². The summed E-state index contributed by atoms with van der Waals surface area (Å²) in [7, 11) is 7.19. The second kappa shape index (κ2) is 9.69. The third-order valence-electron chi connectivity index (χ3n) is 5.89. The fourth-order valence-electron chi connectivity index (χ4n) is 4.03. The molecule has 0 fully saturated rings. The first-order valence-electron chi connectivity index (χ1n) is 10.8. The highest BCUT2D eigenvalue weighted by Crippen LogP contribution is 2.31. The Labute approximate surface area is 194 Å². The first-order valence-corrected chi connectivity index (χ1v) is 10.8. The van der Waals surface area contributed by atoms with Crippen LogP contribution in [-0.4, -0.2) is 45.8 Å². The highest BCUT2D eigenvalue weighted by Gasteiger charge is 2.20. The number of carbonyl (C=O) groups excluding carboxylic acids is 1. The number of hydrogen-bond acceptors (Lipinski definition) is 4. The number of nitrogens with one attached hydrogen (secondary N) is 2. The van der Waals surface area contributed by atoms with E-state index in [1.165, 1.54) is 0 Å². The van der Waals surface area contributed by atoms with E-state index in [0.29, 0.717) is 23.6 Å². The minimum absolute atomic E-state index is 0.0196. The van der Waals surface area contributed by atoms with Crippen molar-refractivity contribution in [3.63, 3.8) is 0 Å². The summed E-state index contributed by atoms with van der Waals surface area (Å²) in [5.74, 6) is 0.953. The molecule has 0 radical (unpaired) electrons. The second-order valence-corrected chi connectivity index (χ2v) is 8.14. The third kappa shape index (κ3) is 4.80. The van der Waals surface area contributed by atoms with Crippen LogP contribution in [0.3, 0.4) is 0 Å². The molecule has 1 heterocycles. The minimum Gasteiger partial charge on any atom is -0.497 e. The van der Waals surface area contributed by atoms with Crippen LogP contribution >= 0.6 is 0 Å². The minimum atomic E-state index is -0.179. The summed E-state index contributed by atoms with van der Waals surface area (Å²) in [6.45, 7) is 0.446. The first kappa shape index (κ1) is 22.3. The van der Waals surface area contributed by atoms with Gasteiger partial charge >= 0.3 is 0 Å². The molecule has 170 valence electrons. The fourth-order valence-corrected chi connectivity index (χ4v) is 4.03. The van der Waals surface area contributed by atoms with Crippen LogP contribution in [0.15, 0.2) is 72.9 Å². The molecule has 1 amide bonds. The van der Waals surface area contributed by atoms with Crippen molar-refractivity contribution in [1.29, 1.82) is 0 Å². The Kier molecular flexibility index (Phi) is 6.54. The lowest BCUT2D eigenvalue weighted by Crippen LogP contribution is -2.29. The number of fused-ring (bicyclic) bond motifs is 1. The maximum absolute atomic E-state index is 13.1. The fraction of sp³-hybridized carbons (Fsp3) is 0.222. The van der Waals surface area contributed by atoms with Crippen LogP contribution in [0.5, 0.6) is 11.5 Å². The molecule has 0 saturated carbocycles. The van der Waals surface area contributed by atoms with Gasteiger partial charge in [-0.05, 0) is 41.5 Å². The van der Waals surface area contributed by atoms with Gasteiger partial charge in [0.1, 0.15) is 11.5 Å². The van der Waals surface area contributed by atoms with Crippen LogP contribution in [0.4, 0.5) is 5.69 Å². The van der Waals surface area contributed by atoms with Gasteiger partial charge in [-0.25, -0.2) is 0 Å². The topological polar surface area (TPSA) is 66.6 Å². The molecule has 6 heteroatoms. The van der Waals surface area contributed by atoms with Gasteiger partial charge < -0.3 is 24.7 Å². The number of H-pyrrole nitrogens is 1. The normalized spacial score (nSPS) is 11.8. The van der Waals surface area contributed by atoms with Crippen molar-refractivity contribution >= 4 is 22.5 Å². The Morgan fingerprint density at radius 2 is 1.64 bits per heavy atom. The van der Waals surface area contributed by atoms with Crippen molar-refractivity contribution in [2.75, 3.05) is 39.8 Å². The van der Waals surface area contributed by atoms with E-state index in [2.05, 4.69) is 51.6 Å². The van der Waals surface area contributed by atoms with Gasteiger partial charge in [-0.1, -0.05) is 30.3 Å². The number of benzene rings is 3. The maximum Gasteiger partial charge on any atom is 0.251 e. The average molecular weight is 444 g/mol. The van der Waals surface area contributed by atoms with Crippen molar-refractivity contribution < 1.29 is 14.3 Å². The SMILES string of the molecule is COc1cc(OC)cc(C(=O)NCC(c2ccc(N(C)C)cc2)c2c[nH]c3ccccc23)c1. The first-order chi connectivity index (χ1) is 16.0. The zero-order valence-electron chi connectivity index (χ0n) is 19.4. The number of amides is 1. The van der Waals surface area contributed by atoms with Gasteiger partial charge in [0.05, 0.1) is 14.2 Å². The molecule has 0 spiro atoms. The molecule has 0 bridgehead atoms. The van der Waals surface area contributed by atoms with Gasteiger partial charge in [0.15, 0.2) is 0 Å². The van der Waals surface area contributed by atoms with E-state index in [9.17, 15) is 4.79 Å². The van der Waals surface area contributed by atoms with Crippen molar-refractivity contribution in [3.05, 3.63) is 89.6 Å². The van der Waals surface area contributed by atoms with E-state index in [1.54, 1.807) is 32.4 Å². The molecular weight excluding hydrogens is 414 g/mol. The Hall–Kier alpha value is -3.93. The molecule has 0 aliphatic carbocycles. The second-order valence-electron chi connectivity index (χ2n) is 8.14. The van der Waals surface area contributed by atoms with Gasteiger partial charge in [-0.2, -0.15) is 0 Å². The molecule has 4 rings (SSSR count). The zero-order valence-corrected chi connectivity index (χ0v) is 19.4. The number of aromatic nitrogens is 1. The number of para-hydroxylation sites is 1. The van der Waals surface area contributed by atoms with Crippen LogP contribution in [-0.2, 0) is 0 Å². The summed E-state index contributed by atoms with van der Waals surface area (Å²) in [6, 6.07) is 21.9. The van der Waals surface area contributed by atoms with Crippen molar-refractivity contribution in [2.24, 2.45) is 0 Å². The Morgan fingerprint density at radius 3 is 2.27 bits per heavy atom. The summed E-state index contributed by atoms with van der Waals surface area (Å²) in [5, 5.41) is 4.27. The summed E-state index contributed by atoms with van der Waals surface area (Å²) >= 11 is 0. The number of ether oxygens (including phenoxy) is 2. The van der Waals surface area contributed by atoms with Crippen molar-refractivity contribution in [1.82, 2.24) is 10.3 Å². The Morgan fingerprint density at radius 1 is 0.970 bits per heavy atom. The molecule has 6 nitrogen and oxygen atoms in total. The van der Waals surface area contributed by atoms with Crippen LogP contribution in [0.25, 0.3) is 10.9 Å². The predicted molar refractivity (Wildman–Crippen MR) is 133 cm³/mol. The molecule has 2 N–H and O–H groups in total. The monoisotopic (exact) mass is 443 g/mol. The molecule has 0 aliphatic rings. The zero-order chi connectivity index (χ0) is 23.4. The van der Waals surface area contributed by atoms with E-state index in [4.69, 9.17) is 9.47 Å². The van der Waals surface area contributed by atoms with Gasteiger partial charge in [-0.3, -0.25) is 4.79 Å². The summed E-state index contributed by atoms with van der Waals surface area (Å²) in [6.07, 6.45) is 2.04. The molecule has 0 saturated heterocycles.